The molecule has 0 radical (unpaired) electrons. The lowest BCUT2D eigenvalue weighted by Crippen LogP contribution is -2.41. The van der Waals surface area contributed by atoms with E-state index in [1.807, 2.05) is 6.07 Å². The number of rotatable bonds is 6. The molecule has 3 heteroatoms. The molecular weight excluding hydrogens is 236 g/mol. The van der Waals surface area contributed by atoms with Crippen LogP contribution in [0.4, 0.5) is 0 Å². The van der Waals surface area contributed by atoms with E-state index < -0.39 is 0 Å². The molecule has 2 unspecified atom stereocenters. The van der Waals surface area contributed by atoms with Gasteiger partial charge in [-0.3, -0.25) is 4.90 Å². The molecule has 2 atom stereocenters. The molecule has 0 amide bonds. The van der Waals surface area contributed by atoms with Crippen LogP contribution in [0, 0.1) is 5.92 Å². The summed E-state index contributed by atoms with van der Waals surface area (Å²) in [6.07, 6.45) is 4.97. The van der Waals surface area contributed by atoms with Crippen LogP contribution >= 0.6 is 0 Å². The van der Waals surface area contributed by atoms with E-state index in [1.54, 1.807) is 0 Å². The topological polar surface area (TPSA) is 49.5 Å². The minimum atomic E-state index is 0.217. The molecule has 1 fully saturated rings. The molecule has 1 aromatic carbocycles. The molecule has 0 spiro atoms. The maximum atomic E-state index is 9.24. The van der Waals surface area contributed by atoms with Crippen LogP contribution in [0.15, 0.2) is 30.3 Å². The van der Waals surface area contributed by atoms with Crippen LogP contribution < -0.4 is 5.73 Å². The summed E-state index contributed by atoms with van der Waals surface area (Å²) in [6, 6.07) is 10.8. The van der Waals surface area contributed by atoms with Gasteiger partial charge in [0.2, 0.25) is 0 Å². The second kappa shape index (κ2) is 7.63. The van der Waals surface area contributed by atoms with Gasteiger partial charge in [0.25, 0.3) is 0 Å². The van der Waals surface area contributed by atoms with Crippen molar-refractivity contribution in [3.63, 3.8) is 0 Å². The van der Waals surface area contributed by atoms with Gasteiger partial charge in [-0.05, 0) is 24.3 Å². The lowest BCUT2D eigenvalue weighted by molar-refractivity contribution is 0.145. The largest absolute Gasteiger partial charge is 0.395 e. The zero-order valence-corrected chi connectivity index (χ0v) is 11.7. The predicted octanol–water partition coefficient (Wildman–Crippen LogP) is 2.00. The maximum Gasteiger partial charge on any atom is 0.0558 e. The molecule has 1 aromatic rings. The summed E-state index contributed by atoms with van der Waals surface area (Å²) in [5, 5.41) is 9.24. The first kappa shape index (κ1) is 14.5. The van der Waals surface area contributed by atoms with Crippen LogP contribution in [0.2, 0.25) is 0 Å². The summed E-state index contributed by atoms with van der Waals surface area (Å²) < 4.78 is 0. The quantitative estimate of drug-likeness (QED) is 0.824. The van der Waals surface area contributed by atoms with E-state index in [2.05, 4.69) is 29.2 Å². The lowest BCUT2D eigenvalue weighted by atomic mass is 9.84. The fourth-order valence-corrected chi connectivity index (χ4v) is 3.01. The van der Waals surface area contributed by atoms with E-state index >= 15 is 0 Å². The van der Waals surface area contributed by atoms with Crippen molar-refractivity contribution in [2.45, 2.75) is 38.3 Å². The van der Waals surface area contributed by atoms with E-state index in [9.17, 15) is 5.11 Å². The number of hydrogen-bond donors (Lipinski definition) is 2. The average Bonchev–Trinajstić information content (AvgIpc) is 2.43. The van der Waals surface area contributed by atoms with Gasteiger partial charge in [0, 0.05) is 25.7 Å². The van der Waals surface area contributed by atoms with Gasteiger partial charge in [-0.15, -0.1) is 0 Å². The third-order valence-electron chi connectivity index (χ3n) is 4.13. The molecule has 0 aliphatic heterocycles. The highest BCUT2D eigenvalue weighted by Gasteiger charge is 2.23. The minimum absolute atomic E-state index is 0.217. The van der Waals surface area contributed by atoms with Crippen molar-refractivity contribution in [2.75, 3.05) is 19.7 Å². The van der Waals surface area contributed by atoms with Crippen molar-refractivity contribution in [1.82, 2.24) is 4.90 Å². The molecule has 0 saturated heterocycles. The van der Waals surface area contributed by atoms with Crippen LogP contribution in [0.5, 0.6) is 0 Å². The van der Waals surface area contributed by atoms with E-state index in [0.717, 1.165) is 26.1 Å². The average molecular weight is 262 g/mol. The Labute approximate surface area is 116 Å². The highest BCUT2D eigenvalue weighted by atomic mass is 16.3. The second-order valence-corrected chi connectivity index (χ2v) is 5.65. The van der Waals surface area contributed by atoms with E-state index in [1.165, 1.54) is 24.8 Å². The molecule has 19 heavy (non-hydrogen) atoms. The van der Waals surface area contributed by atoms with Gasteiger partial charge in [0.1, 0.15) is 0 Å². The fraction of sp³-hybridized carbons (Fsp3) is 0.625. The van der Waals surface area contributed by atoms with Crippen molar-refractivity contribution in [2.24, 2.45) is 11.7 Å². The smallest absolute Gasteiger partial charge is 0.0558 e. The van der Waals surface area contributed by atoms with E-state index in [-0.39, 0.29) is 6.61 Å². The predicted molar refractivity (Wildman–Crippen MR) is 78.7 cm³/mol. The summed E-state index contributed by atoms with van der Waals surface area (Å²) >= 11 is 0. The zero-order chi connectivity index (χ0) is 13.5. The zero-order valence-electron chi connectivity index (χ0n) is 11.7. The van der Waals surface area contributed by atoms with Gasteiger partial charge >= 0.3 is 0 Å². The van der Waals surface area contributed by atoms with Crippen molar-refractivity contribution < 1.29 is 5.11 Å². The van der Waals surface area contributed by atoms with Crippen LogP contribution in [0.25, 0.3) is 0 Å². The van der Waals surface area contributed by atoms with Gasteiger partial charge in [0.15, 0.2) is 0 Å². The molecule has 1 saturated carbocycles. The van der Waals surface area contributed by atoms with Crippen molar-refractivity contribution in [1.29, 1.82) is 0 Å². The summed E-state index contributed by atoms with van der Waals surface area (Å²) in [6.45, 7) is 2.87. The van der Waals surface area contributed by atoms with Crippen LogP contribution in [-0.2, 0) is 6.54 Å². The molecule has 2 rings (SSSR count). The van der Waals surface area contributed by atoms with Crippen LogP contribution in [0.3, 0.4) is 0 Å². The molecule has 1 aliphatic carbocycles. The van der Waals surface area contributed by atoms with Crippen LogP contribution in [-0.4, -0.2) is 35.7 Å². The molecule has 0 aromatic heterocycles. The Hall–Kier alpha value is -0.900. The van der Waals surface area contributed by atoms with Crippen molar-refractivity contribution in [3.05, 3.63) is 35.9 Å². The first-order chi connectivity index (χ1) is 9.29. The SMILES string of the molecule is NC1CCCCC1CN(CCO)Cc1ccccc1. The summed E-state index contributed by atoms with van der Waals surface area (Å²) in [5.74, 6) is 0.587. The number of benzene rings is 1. The molecule has 3 nitrogen and oxygen atoms in total. The van der Waals surface area contributed by atoms with E-state index in [0.29, 0.717) is 12.0 Å². The summed E-state index contributed by atoms with van der Waals surface area (Å²) in [5.41, 5.74) is 7.53. The molecular formula is C16H26N2O. The Balaban J connectivity index is 1.91. The summed E-state index contributed by atoms with van der Waals surface area (Å²) in [4.78, 5) is 2.34. The summed E-state index contributed by atoms with van der Waals surface area (Å²) in [7, 11) is 0. The Bertz CT molecular complexity index is 355. The molecule has 106 valence electrons. The van der Waals surface area contributed by atoms with Gasteiger partial charge < -0.3 is 10.8 Å². The molecule has 1 aliphatic rings. The minimum Gasteiger partial charge on any atom is -0.395 e. The van der Waals surface area contributed by atoms with Crippen LogP contribution in [0.1, 0.15) is 31.2 Å². The number of aliphatic hydroxyl groups is 1. The van der Waals surface area contributed by atoms with Crippen molar-refractivity contribution >= 4 is 0 Å². The number of aliphatic hydroxyl groups excluding tert-OH is 1. The first-order valence-corrected chi connectivity index (χ1v) is 7.42. The van der Waals surface area contributed by atoms with Gasteiger partial charge in [0.05, 0.1) is 6.61 Å². The molecule has 3 N–H and O–H groups in total. The van der Waals surface area contributed by atoms with Gasteiger partial charge in [-0.1, -0.05) is 43.2 Å². The van der Waals surface area contributed by atoms with Gasteiger partial charge in [-0.25, -0.2) is 0 Å². The Morgan fingerprint density at radius 1 is 1.16 bits per heavy atom. The standard InChI is InChI=1S/C16H26N2O/c17-16-9-5-4-8-15(16)13-18(10-11-19)12-14-6-2-1-3-7-14/h1-3,6-7,15-16,19H,4-5,8-13,17H2. The first-order valence-electron chi connectivity index (χ1n) is 7.42. The molecule has 0 bridgehead atoms. The molecule has 0 heterocycles. The number of nitrogens with two attached hydrogens (primary N) is 1. The fourth-order valence-electron chi connectivity index (χ4n) is 3.01. The maximum absolute atomic E-state index is 9.24. The van der Waals surface area contributed by atoms with Gasteiger partial charge in [-0.2, -0.15) is 0 Å². The third-order valence-corrected chi connectivity index (χ3v) is 4.13. The second-order valence-electron chi connectivity index (χ2n) is 5.65. The lowest BCUT2D eigenvalue weighted by Gasteiger charge is -2.33. The number of nitrogens with zero attached hydrogens (tertiary/aromatic N) is 1. The Morgan fingerprint density at radius 2 is 1.89 bits per heavy atom. The highest BCUT2D eigenvalue weighted by Crippen LogP contribution is 2.24. The highest BCUT2D eigenvalue weighted by molar-refractivity contribution is 5.14. The third kappa shape index (κ3) is 4.60. The Kier molecular flexibility index (Phi) is 5.83. The number of hydrogen-bond acceptors (Lipinski definition) is 3. The van der Waals surface area contributed by atoms with E-state index in [4.69, 9.17) is 5.73 Å². The van der Waals surface area contributed by atoms with Crippen molar-refractivity contribution in [3.8, 4) is 0 Å². The Morgan fingerprint density at radius 3 is 2.58 bits per heavy atom. The monoisotopic (exact) mass is 262 g/mol. The normalized spacial score (nSPS) is 23.7.